The highest BCUT2D eigenvalue weighted by Gasteiger charge is 2.29. The Morgan fingerprint density at radius 3 is 2.72 bits per heavy atom. The first kappa shape index (κ1) is 12.6. The maximum atomic E-state index is 11.0. The fourth-order valence-corrected chi connectivity index (χ4v) is 2.16. The van der Waals surface area contributed by atoms with Crippen LogP contribution in [0.2, 0.25) is 0 Å². The highest BCUT2D eigenvalue weighted by Crippen LogP contribution is 2.43. The summed E-state index contributed by atoms with van der Waals surface area (Å²) in [5, 5.41) is 11.0. The van der Waals surface area contributed by atoms with Crippen molar-refractivity contribution in [1.82, 2.24) is 0 Å². The van der Waals surface area contributed by atoms with Gasteiger partial charge in [-0.1, -0.05) is 13.8 Å². The van der Waals surface area contributed by atoms with Crippen LogP contribution in [0, 0.1) is 16.0 Å². The molecule has 0 aromatic heterocycles. The van der Waals surface area contributed by atoms with Crippen LogP contribution in [0.1, 0.15) is 25.3 Å². The van der Waals surface area contributed by atoms with E-state index in [-0.39, 0.29) is 24.1 Å². The van der Waals surface area contributed by atoms with Crippen molar-refractivity contribution in [1.29, 1.82) is 0 Å². The van der Waals surface area contributed by atoms with Crippen LogP contribution in [-0.2, 0) is 0 Å². The van der Waals surface area contributed by atoms with E-state index in [9.17, 15) is 10.1 Å². The monoisotopic (exact) mass is 252 g/mol. The summed E-state index contributed by atoms with van der Waals surface area (Å²) in [6, 6.07) is 3.32. The van der Waals surface area contributed by atoms with Gasteiger partial charge < -0.3 is 15.2 Å². The molecule has 0 radical (unpaired) electrons. The lowest BCUT2D eigenvalue weighted by atomic mass is 9.88. The van der Waals surface area contributed by atoms with Gasteiger partial charge in [-0.2, -0.15) is 0 Å². The Morgan fingerprint density at radius 2 is 2.17 bits per heavy atom. The smallest absolute Gasteiger partial charge is 0.315 e. The van der Waals surface area contributed by atoms with Crippen LogP contribution in [0.15, 0.2) is 12.1 Å². The third kappa shape index (κ3) is 2.11. The van der Waals surface area contributed by atoms with Gasteiger partial charge in [0.25, 0.3) is 0 Å². The Hall–Kier alpha value is -1.82. The number of benzene rings is 1. The van der Waals surface area contributed by atoms with Gasteiger partial charge in [0, 0.05) is 6.07 Å². The molecule has 0 fully saturated rings. The molecule has 0 saturated heterocycles. The van der Waals surface area contributed by atoms with Gasteiger partial charge in [-0.25, -0.2) is 0 Å². The predicted molar refractivity (Wildman–Crippen MR) is 65.9 cm³/mol. The van der Waals surface area contributed by atoms with Gasteiger partial charge >= 0.3 is 5.69 Å². The molecule has 2 N–H and O–H groups in total. The fourth-order valence-electron chi connectivity index (χ4n) is 2.16. The molecule has 6 nitrogen and oxygen atoms in total. The Labute approximate surface area is 105 Å². The average molecular weight is 252 g/mol. The first-order valence-electron chi connectivity index (χ1n) is 5.82. The van der Waals surface area contributed by atoms with Gasteiger partial charge in [-0.3, -0.25) is 10.1 Å². The molecule has 0 amide bonds. The minimum absolute atomic E-state index is 0.0224. The lowest BCUT2D eigenvalue weighted by molar-refractivity contribution is -0.385. The molecule has 1 aliphatic heterocycles. The molecule has 1 aromatic rings. The highest BCUT2D eigenvalue weighted by atomic mass is 16.7. The van der Waals surface area contributed by atoms with Crippen LogP contribution in [0.4, 0.5) is 5.69 Å². The van der Waals surface area contributed by atoms with Crippen molar-refractivity contribution in [3.8, 4) is 11.5 Å². The van der Waals surface area contributed by atoms with Crippen LogP contribution >= 0.6 is 0 Å². The van der Waals surface area contributed by atoms with Crippen molar-refractivity contribution >= 4 is 5.69 Å². The molecule has 2 rings (SSSR count). The molecule has 1 aromatic carbocycles. The topological polar surface area (TPSA) is 87.6 Å². The SMILES string of the molecule is CC(C)C(CN)c1cc2c(c([N+](=O)[O-])c1)OCO2. The molecule has 0 aliphatic carbocycles. The van der Waals surface area contributed by atoms with E-state index in [1.165, 1.54) is 6.07 Å². The molecular formula is C12H16N2O4. The molecule has 98 valence electrons. The van der Waals surface area contributed by atoms with Crippen LogP contribution < -0.4 is 15.2 Å². The lowest BCUT2D eigenvalue weighted by Crippen LogP contribution is -2.17. The van der Waals surface area contributed by atoms with Crippen LogP contribution in [0.3, 0.4) is 0 Å². The minimum Gasteiger partial charge on any atom is -0.453 e. The number of nitrogens with zero attached hydrogens (tertiary/aromatic N) is 1. The zero-order valence-corrected chi connectivity index (χ0v) is 10.4. The molecule has 6 heteroatoms. The third-order valence-electron chi connectivity index (χ3n) is 3.16. The quantitative estimate of drug-likeness (QED) is 0.654. The molecule has 18 heavy (non-hydrogen) atoms. The van der Waals surface area contributed by atoms with Gasteiger partial charge in [0.2, 0.25) is 12.5 Å². The third-order valence-corrected chi connectivity index (χ3v) is 3.16. The zero-order chi connectivity index (χ0) is 13.3. The van der Waals surface area contributed by atoms with E-state index < -0.39 is 4.92 Å². The van der Waals surface area contributed by atoms with Gasteiger partial charge in [-0.15, -0.1) is 0 Å². The summed E-state index contributed by atoms with van der Waals surface area (Å²) in [5.74, 6) is 1.01. The van der Waals surface area contributed by atoms with Crippen LogP contribution in [-0.4, -0.2) is 18.3 Å². The normalized spacial score (nSPS) is 14.9. The van der Waals surface area contributed by atoms with Gasteiger partial charge in [0.05, 0.1) is 4.92 Å². The Kier molecular flexibility index (Phi) is 3.38. The predicted octanol–water partition coefficient (Wildman–Crippen LogP) is 2.02. The first-order valence-corrected chi connectivity index (χ1v) is 5.82. The minimum atomic E-state index is -0.453. The van der Waals surface area contributed by atoms with Crippen LogP contribution in [0.5, 0.6) is 11.5 Å². The standard InChI is InChI=1S/C12H16N2O4/c1-7(2)9(5-13)8-3-10(14(15)16)12-11(4-8)17-6-18-12/h3-4,7,9H,5-6,13H2,1-2H3. The summed E-state index contributed by atoms with van der Waals surface area (Å²) in [6.45, 7) is 4.53. The summed E-state index contributed by atoms with van der Waals surface area (Å²) in [6.07, 6.45) is 0. The zero-order valence-electron chi connectivity index (χ0n) is 10.4. The molecule has 0 bridgehead atoms. The number of nitrogens with two attached hydrogens (primary N) is 1. The van der Waals surface area contributed by atoms with E-state index >= 15 is 0 Å². The molecule has 0 saturated carbocycles. The van der Waals surface area contributed by atoms with E-state index in [4.69, 9.17) is 15.2 Å². The van der Waals surface area contributed by atoms with Crippen molar-refractivity contribution in [3.63, 3.8) is 0 Å². The Bertz CT molecular complexity index is 473. The Balaban J connectivity index is 2.50. The van der Waals surface area contributed by atoms with E-state index in [0.29, 0.717) is 18.2 Å². The number of hydrogen-bond acceptors (Lipinski definition) is 5. The van der Waals surface area contributed by atoms with Crippen molar-refractivity contribution in [2.24, 2.45) is 11.7 Å². The van der Waals surface area contributed by atoms with Crippen molar-refractivity contribution in [3.05, 3.63) is 27.8 Å². The van der Waals surface area contributed by atoms with Crippen molar-refractivity contribution < 1.29 is 14.4 Å². The summed E-state index contributed by atoms with van der Waals surface area (Å²) >= 11 is 0. The van der Waals surface area contributed by atoms with Gasteiger partial charge in [0.1, 0.15) is 0 Å². The maximum Gasteiger partial charge on any atom is 0.315 e. The summed E-state index contributed by atoms with van der Waals surface area (Å²) < 4.78 is 10.4. The fraction of sp³-hybridized carbons (Fsp3) is 0.500. The molecule has 1 atom stereocenters. The average Bonchev–Trinajstić information content (AvgIpc) is 2.76. The van der Waals surface area contributed by atoms with Gasteiger partial charge in [-0.05, 0) is 30.0 Å². The molecule has 1 unspecified atom stereocenters. The number of nitro benzene ring substituents is 1. The number of nitro groups is 1. The molecule has 1 heterocycles. The highest BCUT2D eigenvalue weighted by molar-refractivity contribution is 5.59. The summed E-state index contributed by atoms with van der Waals surface area (Å²) in [5.41, 5.74) is 6.50. The van der Waals surface area contributed by atoms with Crippen molar-refractivity contribution in [2.45, 2.75) is 19.8 Å². The summed E-state index contributed by atoms with van der Waals surface area (Å²) in [7, 11) is 0. The first-order chi connectivity index (χ1) is 8.54. The van der Waals surface area contributed by atoms with E-state index in [0.717, 1.165) is 5.56 Å². The van der Waals surface area contributed by atoms with E-state index in [2.05, 4.69) is 0 Å². The van der Waals surface area contributed by atoms with E-state index in [1.807, 2.05) is 13.8 Å². The van der Waals surface area contributed by atoms with Gasteiger partial charge in [0.15, 0.2) is 5.75 Å². The second-order valence-electron chi connectivity index (χ2n) is 4.62. The second kappa shape index (κ2) is 4.81. The number of ether oxygens (including phenoxy) is 2. The largest absolute Gasteiger partial charge is 0.453 e. The van der Waals surface area contributed by atoms with E-state index in [1.54, 1.807) is 6.07 Å². The Morgan fingerprint density at radius 1 is 1.44 bits per heavy atom. The maximum absolute atomic E-state index is 11.0. The molecule has 1 aliphatic rings. The number of rotatable bonds is 4. The molecule has 0 spiro atoms. The molecular weight excluding hydrogens is 236 g/mol. The van der Waals surface area contributed by atoms with Crippen LogP contribution in [0.25, 0.3) is 0 Å². The summed E-state index contributed by atoms with van der Waals surface area (Å²) in [4.78, 5) is 10.6. The second-order valence-corrected chi connectivity index (χ2v) is 4.62. The number of hydrogen-bond donors (Lipinski definition) is 1. The number of fused-ring (bicyclic) bond motifs is 1. The van der Waals surface area contributed by atoms with Crippen molar-refractivity contribution in [2.75, 3.05) is 13.3 Å². The lowest BCUT2D eigenvalue weighted by Gasteiger charge is -2.19.